The molecule has 0 atom stereocenters. The normalized spacial score (nSPS) is 12.1. The minimum atomic E-state index is -0.215. The summed E-state index contributed by atoms with van der Waals surface area (Å²) in [5.74, 6) is 2.35. The molecule has 0 aliphatic heterocycles. The summed E-state index contributed by atoms with van der Waals surface area (Å²) in [7, 11) is 1.62. The van der Waals surface area contributed by atoms with Crippen LogP contribution in [-0.4, -0.2) is 28.3 Å². The van der Waals surface area contributed by atoms with E-state index in [4.69, 9.17) is 13.9 Å². The molecule has 5 aromatic rings. The molecule has 0 aliphatic carbocycles. The number of hydrogen-bond donors (Lipinski definition) is 0. The van der Waals surface area contributed by atoms with Gasteiger partial charge in [0.15, 0.2) is 17.3 Å². The number of aromatic nitrogens is 3. The highest BCUT2D eigenvalue weighted by molar-refractivity contribution is 7.15. The van der Waals surface area contributed by atoms with Gasteiger partial charge in [0.2, 0.25) is 10.8 Å². The lowest BCUT2D eigenvalue weighted by atomic mass is 10.1. The van der Waals surface area contributed by atoms with Crippen molar-refractivity contribution in [2.24, 2.45) is 0 Å². The number of aryl methyl sites for hydroxylation is 1. The van der Waals surface area contributed by atoms with Gasteiger partial charge in [-0.2, -0.15) is 9.50 Å². The molecule has 2 aromatic carbocycles. The van der Waals surface area contributed by atoms with Crippen molar-refractivity contribution in [3.63, 3.8) is 0 Å². The Balaban J connectivity index is 1.42. The fourth-order valence-electron chi connectivity index (χ4n) is 4.07. The van der Waals surface area contributed by atoms with Crippen LogP contribution in [0.1, 0.15) is 43.7 Å². The Bertz CT molecular complexity index is 1600. The first-order chi connectivity index (χ1) is 17.1. The molecule has 0 N–H and O–H groups in total. The Hall–Kier alpha value is -3.65. The molecule has 8 heteroatoms. The molecule has 3 aromatic heterocycles. The third kappa shape index (κ3) is 4.53. The monoisotopic (exact) mass is 489 g/mol. The maximum absolute atomic E-state index is 13.0. The van der Waals surface area contributed by atoms with Crippen molar-refractivity contribution >= 4 is 33.3 Å². The Morgan fingerprint density at radius 3 is 2.74 bits per heavy atom. The van der Waals surface area contributed by atoms with Crippen LogP contribution in [0.2, 0.25) is 0 Å². The Morgan fingerprint density at radius 2 is 1.97 bits per heavy atom. The number of nitrogens with zero attached hydrogens (tertiary/aromatic N) is 3. The maximum atomic E-state index is 13.0. The van der Waals surface area contributed by atoms with Crippen LogP contribution < -0.4 is 19.6 Å². The number of unbranched alkanes of at least 4 members (excludes halogenated alkanes) is 3. The quantitative estimate of drug-likeness (QED) is 0.258. The van der Waals surface area contributed by atoms with Gasteiger partial charge in [0.1, 0.15) is 5.58 Å². The number of methoxy groups -OCH3 is 1. The highest BCUT2D eigenvalue weighted by atomic mass is 32.1. The van der Waals surface area contributed by atoms with E-state index in [1.54, 1.807) is 7.11 Å². The van der Waals surface area contributed by atoms with Gasteiger partial charge in [-0.25, -0.2) is 0 Å². The Kier molecular flexibility index (Phi) is 6.55. The lowest BCUT2D eigenvalue weighted by Crippen LogP contribution is -2.23. The molecule has 0 saturated carbocycles. The molecule has 0 spiro atoms. The number of para-hydroxylation sites is 1. The number of ether oxygens (including phenoxy) is 2. The zero-order valence-corrected chi connectivity index (χ0v) is 20.9. The smallest absolute Gasteiger partial charge is 0.291 e. The third-order valence-corrected chi connectivity index (χ3v) is 6.93. The van der Waals surface area contributed by atoms with Crippen LogP contribution in [-0.2, 0) is 0 Å². The molecule has 0 bridgehead atoms. The van der Waals surface area contributed by atoms with Crippen molar-refractivity contribution in [2.45, 2.75) is 39.5 Å². The summed E-state index contributed by atoms with van der Waals surface area (Å²) in [6.07, 6.45) is 6.40. The second-order valence-electron chi connectivity index (χ2n) is 8.42. The van der Waals surface area contributed by atoms with E-state index < -0.39 is 0 Å². The number of furan rings is 1. The van der Waals surface area contributed by atoms with E-state index in [9.17, 15) is 4.79 Å². The molecule has 0 saturated heterocycles. The minimum absolute atomic E-state index is 0.215. The van der Waals surface area contributed by atoms with Gasteiger partial charge in [0, 0.05) is 10.9 Å². The molecule has 7 nitrogen and oxygen atoms in total. The summed E-state index contributed by atoms with van der Waals surface area (Å²) in [5, 5.41) is 5.46. The van der Waals surface area contributed by atoms with Crippen LogP contribution in [0.25, 0.3) is 33.6 Å². The predicted octanol–water partition coefficient (Wildman–Crippen LogP) is 5.39. The van der Waals surface area contributed by atoms with Crippen molar-refractivity contribution in [3.05, 3.63) is 68.5 Å². The topological polar surface area (TPSA) is 78.9 Å². The lowest BCUT2D eigenvalue weighted by molar-refractivity contribution is 0.285. The van der Waals surface area contributed by atoms with Crippen molar-refractivity contribution < 1.29 is 13.9 Å². The fourth-order valence-corrected chi connectivity index (χ4v) is 4.98. The van der Waals surface area contributed by atoms with Crippen LogP contribution in [0.5, 0.6) is 11.5 Å². The average molecular weight is 490 g/mol. The van der Waals surface area contributed by atoms with Gasteiger partial charge >= 0.3 is 0 Å². The van der Waals surface area contributed by atoms with E-state index in [0.29, 0.717) is 39.2 Å². The molecular weight excluding hydrogens is 462 g/mol. The van der Waals surface area contributed by atoms with E-state index >= 15 is 0 Å². The van der Waals surface area contributed by atoms with Gasteiger partial charge in [-0.3, -0.25) is 4.79 Å². The standard InChI is InChI=1S/C27H27N3O4S/c1-4-5-6-9-14-33-21-13-12-18(15-22(21)32-3)16-23-26(31)30-27(35-23)28-25(29-30)24-17(2)19-10-7-8-11-20(19)34-24/h7-8,10-13,15-16H,4-6,9,14H2,1-3H3. The largest absolute Gasteiger partial charge is 0.493 e. The van der Waals surface area contributed by atoms with Crippen molar-refractivity contribution in [1.29, 1.82) is 0 Å². The van der Waals surface area contributed by atoms with E-state index in [1.807, 2.05) is 55.5 Å². The van der Waals surface area contributed by atoms with Crippen LogP contribution in [0.4, 0.5) is 0 Å². The van der Waals surface area contributed by atoms with E-state index in [0.717, 1.165) is 34.9 Å². The summed E-state index contributed by atoms with van der Waals surface area (Å²) >= 11 is 1.29. The summed E-state index contributed by atoms with van der Waals surface area (Å²) in [4.78, 5) is 18.1. The molecule has 180 valence electrons. The van der Waals surface area contributed by atoms with Crippen molar-refractivity contribution in [2.75, 3.05) is 13.7 Å². The fraction of sp³-hybridized carbons (Fsp3) is 0.296. The van der Waals surface area contributed by atoms with Crippen LogP contribution in [0, 0.1) is 6.92 Å². The van der Waals surface area contributed by atoms with Gasteiger partial charge in [-0.05, 0) is 43.2 Å². The maximum Gasteiger partial charge on any atom is 0.291 e. The third-order valence-electron chi connectivity index (χ3n) is 5.97. The number of hydrogen-bond acceptors (Lipinski definition) is 7. The van der Waals surface area contributed by atoms with Gasteiger partial charge in [-0.1, -0.05) is 61.8 Å². The number of fused-ring (bicyclic) bond motifs is 2. The molecule has 35 heavy (non-hydrogen) atoms. The second-order valence-corrected chi connectivity index (χ2v) is 9.43. The van der Waals surface area contributed by atoms with Gasteiger partial charge < -0.3 is 13.9 Å². The Morgan fingerprint density at radius 1 is 1.11 bits per heavy atom. The molecule has 0 amide bonds. The highest BCUT2D eigenvalue weighted by Crippen LogP contribution is 2.31. The van der Waals surface area contributed by atoms with Crippen LogP contribution >= 0.6 is 11.3 Å². The van der Waals surface area contributed by atoms with E-state index in [-0.39, 0.29) is 5.56 Å². The van der Waals surface area contributed by atoms with Crippen LogP contribution in [0.15, 0.2) is 51.7 Å². The molecule has 0 radical (unpaired) electrons. The first-order valence-corrected chi connectivity index (χ1v) is 12.6. The van der Waals surface area contributed by atoms with Gasteiger partial charge in [0.05, 0.1) is 18.2 Å². The molecular formula is C27H27N3O4S. The predicted molar refractivity (Wildman–Crippen MR) is 138 cm³/mol. The molecule has 0 aliphatic rings. The summed E-state index contributed by atoms with van der Waals surface area (Å²) in [6.45, 7) is 4.82. The lowest BCUT2D eigenvalue weighted by Gasteiger charge is -2.11. The van der Waals surface area contributed by atoms with Crippen LogP contribution in [0.3, 0.4) is 0 Å². The van der Waals surface area contributed by atoms with E-state index in [2.05, 4.69) is 17.0 Å². The molecule has 5 rings (SSSR count). The minimum Gasteiger partial charge on any atom is -0.493 e. The first-order valence-electron chi connectivity index (χ1n) is 11.8. The number of thiazole rings is 1. The zero-order valence-electron chi connectivity index (χ0n) is 20.0. The van der Waals surface area contributed by atoms with E-state index in [1.165, 1.54) is 28.7 Å². The number of rotatable bonds is 9. The summed E-state index contributed by atoms with van der Waals surface area (Å²) < 4.78 is 19.3. The molecule has 0 unspecified atom stereocenters. The highest BCUT2D eigenvalue weighted by Gasteiger charge is 2.19. The van der Waals surface area contributed by atoms with Crippen molar-refractivity contribution in [3.8, 4) is 23.1 Å². The van der Waals surface area contributed by atoms with Gasteiger partial charge in [-0.15, -0.1) is 5.10 Å². The summed E-state index contributed by atoms with van der Waals surface area (Å²) in [5.41, 5.74) is 2.36. The van der Waals surface area contributed by atoms with Gasteiger partial charge in [0.25, 0.3) is 5.56 Å². The number of benzene rings is 2. The summed E-state index contributed by atoms with van der Waals surface area (Å²) in [6, 6.07) is 13.5. The average Bonchev–Trinajstić information content (AvgIpc) is 3.52. The second kappa shape index (κ2) is 9.92. The van der Waals surface area contributed by atoms with Crippen molar-refractivity contribution in [1.82, 2.24) is 14.6 Å². The molecule has 3 heterocycles. The zero-order chi connectivity index (χ0) is 24.4. The SMILES string of the molecule is CCCCCCOc1ccc(C=c2sc3nc(-c4oc5ccccc5c4C)nn3c2=O)cc1OC. The Labute approximate surface area is 206 Å². The molecule has 0 fully saturated rings. The first kappa shape index (κ1) is 23.1.